The Balaban J connectivity index is 0.00000400. The molecule has 0 aromatic carbocycles. The van der Waals surface area contributed by atoms with Gasteiger partial charge in [-0.25, -0.2) is 4.99 Å². The Morgan fingerprint density at radius 2 is 2.19 bits per heavy atom. The Morgan fingerprint density at radius 3 is 2.76 bits per heavy atom. The van der Waals surface area contributed by atoms with Gasteiger partial charge in [-0.05, 0) is 19.1 Å². The fourth-order valence-corrected chi connectivity index (χ4v) is 2.06. The molecule has 2 N–H and O–H groups in total. The predicted molar refractivity (Wildman–Crippen MR) is 99.8 cm³/mol. The molecule has 124 valence electrons. The first-order valence-corrected chi connectivity index (χ1v) is 8.35. The molecule has 1 heterocycles. The van der Waals surface area contributed by atoms with Crippen LogP contribution in [-0.4, -0.2) is 75.2 Å². The van der Waals surface area contributed by atoms with E-state index in [2.05, 4.69) is 21.9 Å². The quantitative estimate of drug-likeness (QED) is 0.271. The molecule has 0 aliphatic carbocycles. The summed E-state index contributed by atoms with van der Waals surface area (Å²) in [7, 11) is 3.47. The van der Waals surface area contributed by atoms with Crippen LogP contribution in [0.4, 0.5) is 0 Å². The molecule has 1 unspecified atom stereocenters. The normalized spacial score (nSPS) is 18.0. The van der Waals surface area contributed by atoms with Crippen molar-refractivity contribution in [2.45, 2.75) is 18.9 Å². The van der Waals surface area contributed by atoms with Gasteiger partial charge in [0.1, 0.15) is 6.54 Å². The Kier molecular flexibility index (Phi) is 12.2. The summed E-state index contributed by atoms with van der Waals surface area (Å²) in [5.41, 5.74) is 0. The third-order valence-electron chi connectivity index (χ3n) is 2.99. The molecule has 0 aromatic rings. The Morgan fingerprint density at radius 1 is 1.43 bits per heavy atom. The topological polar surface area (TPSA) is 66.0 Å². The van der Waals surface area contributed by atoms with Gasteiger partial charge in [0.05, 0.1) is 6.10 Å². The van der Waals surface area contributed by atoms with Gasteiger partial charge in [0, 0.05) is 39.5 Å². The SMILES string of the molecule is CSCCNC(=NCC(=O)N(C)C)NCC1CCCO1.I. The molecule has 8 heteroatoms. The predicted octanol–water partition coefficient (Wildman–Crippen LogP) is 0.770. The standard InChI is InChI=1S/C13H26N4O2S.HI/c1-17(2)12(18)10-16-13(14-6-8-20-3)15-9-11-5-4-7-19-11;/h11H,4-10H2,1-3H3,(H2,14,15,16);1H. The number of hydrogen-bond acceptors (Lipinski definition) is 4. The van der Waals surface area contributed by atoms with Gasteiger partial charge < -0.3 is 20.3 Å². The van der Waals surface area contributed by atoms with Crippen LogP contribution in [0.5, 0.6) is 0 Å². The first kappa shape index (κ1) is 20.8. The van der Waals surface area contributed by atoms with E-state index in [1.807, 2.05) is 0 Å². The fourth-order valence-electron chi connectivity index (χ4n) is 1.75. The Bertz CT molecular complexity index is 323. The molecule has 1 atom stereocenters. The van der Waals surface area contributed by atoms with Crippen molar-refractivity contribution in [1.82, 2.24) is 15.5 Å². The van der Waals surface area contributed by atoms with E-state index in [4.69, 9.17) is 4.74 Å². The molecule has 1 amide bonds. The number of nitrogens with zero attached hydrogens (tertiary/aromatic N) is 2. The highest BCUT2D eigenvalue weighted by atomic mass is 127. The van der Waals surface area contributed by atoms with Crippen LogP contribution >= 0.6 is 35.7 Å². The number of thioether (sulfide) groups is 1. The van der Waals surface area contributed by atoms with Crippen molar-refractivity contribution in [3.63, 3.8) is 0 Å². The molecule has 6 nitrogen and oxygen atoms in total. The third kappa shape index (κ3) is 9.41. The zero-order chi connectivity index (χ0) is 14.8. The van der Waals surface area contributed by atoms with Crippen LogP contribution in [0, 0.1) is 0 Å². The Labute approximate surface area is 148 Å². The number of carbonyl (C=O) groups excluding carboxylic acids is 1. The summed E-state index contributed by atoms with van der Waals surface area (Å²) in [6, 6.07) is 0. The summed E-state index contributed by atoms with van der Waals surface area (Å²) >= 11 is 1.77. The van der Waals surface area contributed by atoms with Gasteiger partial charge in [-0.3, -0.25) is 4.79 Å². The average molecular weight is 430 g/mol. The first-order chi connectivity index (χ1) is 9.63. The average Bonchev–Trinajstić information content (AvgIpc) is 2.94. The van der Waals surface area contributed by atoms with Gasteiger partial charge in [0.2, 0.25) is 5.91 Å². The molecule has 1 fully saturated rings. The third-order valence-corrected chi connectivity index (χ3v) is 3.60. The molecular formula is C13H27IN4O2S. The molecule has 1 rings (SSSR count). The second-order valence-corrected chi connectivity index (χ2v) is 5.87. The smallest absolute Gasteiger partial charge is 0.243 e. The van der Waals surface area contributed by atoms with Gasteiger partial charge >= 0.3 is 0 Å². The first-order valence-electron chi connectivity index (χ1n) is 6.96. The van der Waals surface area contributed by atoms with E-state index in [1.165, 1.54) is 0 Å². The minimum atomic E-state index is -0.00640. The lowest BCUT2D eigenvalue weighted by atomic mass is 10.2. The maximum atomic E-state index is 11.6. The summed E-state index contributed by atoms with van der Waals surface area (Å²) in [5.74, 6) is 1.68. The monoisotopic (exact) mass is 430 g/mol. The highest BCUT2D eigenvalue weighted by molar-refractivity contribution is 14.0. The Hall–Kier alpha value is -0.220. The lowest BCUT2D eigenvalue weighted by Gasteiger charge is -2.16. The van der Waals surface area contributed by atoms with Crippen molar-refractivity contribution in [2.24, 2.45) is 4.99 Å². The number of halogens is 1. The van der Waals surface area contributed by atoms with E-state index in [1.54, 1.807) is 30.8 Å². The molecule has 0 aromatic heterocycles. The number of amides is 1. The zero-order valence-corrected chi connectivity index (χ0v) is 16.2. The van der Waals surface area contributed by atoms with Crippen LogP contribution in [0.25, 0.3) is 0 Å². The van der Waals surface area contributed by atoms with Crippen molar-refractivity contribution < 1.29 is 9.53 Å². The second-order valence-electron chi connectivity index (χ2n) is 4.89. The van der Waals surface area contributed by atoms with Crippen molar-refractivity contribution in [2.75, 3.05) is 52.3 Å². The zero-order valence-electron chi connectivity index (χ0n) is 13.1. The van der Waals surface area contributed by atoms with E-state index in [-0.39, 0.29) is 42.5 Å². The van der Waals surface area contributed by atoms with Gasteiger partial charge in [-0.2, -0.15) is 11.8 Å². The summed E-state index contributed by atoms with van der Waals surface area (Å²) < 4.78 is 5.57. The number of guanidine groups is 1. The van der Waals surface area contributed by atoms with E-state index >= 15 is 0 Å². The minimum Gasteiger partial charge on any atom is -0.376 e. The fraction of sp³-hybridized carbons (Fsp3) is 0.846. The molecule has 21 heavy (non-hydrogen) atoms. The number of ether oxygens (including phenoxy) is 1. The molecule has 1 aliphatic rings. The summed E-state index contributed by atoms with van der Waals surface area (Å²) in [6.45, 7) is 2.57. The summed E-state index contributed by atoms with van der Waals surface area (Å²) in [5, 5.41) is 6.48. The molecule has 1 saturated heterocycles. The van der Waals surface area contributed by atoms with Crippen LogP contribution in [0.1, 0.15) is 12.8 Å². The molecular weight excluding hydrogens is 403 g/mol. The maximum absolute atomic E-state index is 11.6. The van der Waals surface area contributed by atoms with Crippen molar-refractivity contribution >= 4 is 47.6 Å². The molecule has 0 saturated carbocycles. The van der Waals surface area contributed by atoms with Crippen molar-refractivity contribution in [3.8, 4) is 0 Å². The van der Waals surface area contributed by atoms with E-state index < -0.39 is 0 Å². The molecule has 1 aliphatic heterocycles. The highest BCUT2D eigenvalue weighted by Gasteiger charge is 2.15. The van der Waals surface area contributed by atoms with Gasteiger partial charge in [-0.15, -0.1) is 24.0 Å². The summed E-state index contributed by atoms with van der Waals surface area (Å²) in [4.78, 5) is 17.4. The lowest BCUT2D eigenvalue weighted by molar-refractivity contribution is -0.127. The van der Waals surface area contributed by atoms with Gasteiger partial charge in [-0.1, -0.05) is 0 Å². The van der Waals surface area contributed by atoms with Crippen LogP contribution in [0.3, 0.4) is 0 Å². The number of rotatable bonds is 7. The number of aliphatic imine (C=N–C) groups is 1. The minimum absolute atomic E-state index is 0. The van der Waals surface area contributed by atoms with Gasteiger partial charge in [0.25, 0.3) is 0 Å². The lowest BCUT2D eigenvalue weighted by Crippen LogP contribution is -2.42. The van der Waals surface area contributed by atoms with Crippen molar-refractivity contribution in [3.05, 3.63) is 0 Å². The van der Waals surface area contributed by atoms with Crippen LogP contribution in [-0.2, 0) is 9.53 Å². The highest BCUT2D eigenvalue weighted by Crippen LogP contribution is 2.10. The van der Waals surface area contributed by atoms with E-state index in [9.17, 15) is 4.79 Å². The number of carbonyl (C=O) groups is 1. The van der Waals surface area contributed by atoms with Crippen LogP contribution < -0.4 is 10.6 Å². The van der Waals surface area contributed by atoms with E-state index in [0.717, 1.165) is 38.3 Å². The maximum Gasteiger partial charge on any atom is 0.243 e. The number of hydrogen-bond donors (Lipinski definition) is 2. The molecule has 0 radical (unpaired) electrons. The molecule has 0 bridgehead atoms. The second kappa shape index (κ2) is 12.3. The van der Waals surface area contributed by atoms with Crippen molar-refractivity contribution in [1.29, 1.82) is 0 Å². The number of likely N-dealkylation sites (N-methyl/N-ethyl adjacent to an activating group) is 1. The number of nitrogens with one attached hydrogen (secondary N) is 2. The molecule has 0 spiro atoms. The van der Waals surface area contributed by atoms with Crippen LogP contribution in [0.2, 0.25) is 0 Å². The van der Waals surface area contributed by atoms with Gasteiger partial charge in [0.15, 0.2) is 5.96 Å². The summed E-state index contributed by atoms with van der Waals surface area (Å²) in [6.07, 6.45) is 4.53. The largest absolute Gasteiger partial charge is 0.376 e. The van der Waals surface area contributed by atoms with E-state index in [0.29, 0.717) is 5.96 Å². The van der Waals surface area contributed by atoms with Crippen LogP contribution in [0.15, 0.2) is 4.99 Å².